The SMILES string of the molecule is Cc1ccc(-n2nc(C)cc2NC(=O)Cn2cnc3c2c(=O)n(C)c(=O)n3C)cc1. The van der Waals surface area contributed by atoms with E-state index >= 15 is 0 Å². The first-order chi connectivity index (χ1) is 14.3. The van der Waals surface area contributed by atoms with Crippen molar-refractivity contribution in [3.8, 4) is 5.69 Å². The lowest BCUT2D eigenvalue weighted by Gasteiger charge is -2.10. The number of fused-ring (bicyclic) bond motifs is 1. The van der Waals surface area contributed by atoms with Crippen molar-refractivity contribution < 1.29 is 4.79 Å². The molecule has 0 radical (unpaired) electrons. The van der Waals surface area contributed by atoms with E-state index in [1.54, 1.807) is 10.7 Å². The third kappa shape index (κ3) is 3.21. The molecule has 3 aromatic heterocycles. The monoisotopic (exact) mass is 407 g/mol. The molecule has 0 saturated heterocycles. The van der Waals surface area contributed by atoms with Crippen LogP contribution in [0.25, 0.3) is 16.9 Å². The molecule has 4 aromatic rings. The number of carbonyl (C=O) groups excluding carboxylic acids is 1. The third-order valence-corrected chi connectivity index (χ3v) is 4.91. The molecule has 154 valence electrons. The highest BCUT2D eigenvalue weighted by Gasteiger charge is 2.17. The van der Waals surface area contributed by atoms with Crippen molar-refractivity contribution in [3.63, 3.8) is 0 Å². The number of rotatable bonds is 4. The second kappa shape index (κ2) is 7.14. The molecule has 10 heteroatoms. The van der Waals surface area contributed by atoms with E-state index in [4.69, 9.17) is 0 Å². The van der Waals surface area contributed by atoms with Gasteiger partial charge in [0.2, 0.25) is 5.91 Å². The van der Waals surface area contributed by atoms with Crippen LogP contribution in [-0.2, 0) is 25.4 Å². The minimum absolute atomic E-state index is 0.137. The number of aromatic nitrogens is 6. The van der Waals surface area contributed by atoms with E-state index in [2.05, 4.69) is 15.4 Å². The molecule has 0 unspecified atom stereocenters. The van der Waals surface area contributed by atoms with Crippen LogP contribution in [0.4, 0.5) is 5.82 Å². The number of carbonyl (C=O) groups is 1. The Balaban J connectivity index is 1.65. The second-order valence-corrected chi connectivity index (χ2v) is 7.22. The van der Waals surface area contributed by atoms with Gasteiger partial charge in [-0.25, -0.2) is 14.5 Å². The van der Waals surface area contributed by atoms with Crippen molar-refractivity contribution in [3.05, 3.63) is 68.8 Å². The smallest absolute Gasteiger partial charge is 0.315 e. The molecule has 0 spiro atoms. The molecule has 0 fully saturated rings. The summed E-state index contributed by atoms with van der Waals surface area (Å²) in [5.41, 5.74) is 2.15. The summed E-state index contributed by atoms with van der Waals surface area (Å²) in [6.45, 7) is 3.70. The molecule has 3 heterocycles. The minimum atomic E-state index is -0.501. The molecule has 0 aliphatic rings. The normalized spacial score (nSPS) is 11.2. The first kappa shape index (κ1) is 19.4. The van der Waals surface area contributed by atoms with Crippen LogP contribution in [0.1, 0.15) is 11.3 Å². The second-order valence-electron chi connectivity index (χ2n) is 7.22. The van der Waals surface area contributed by atoms with Gasteiger partial charge in [-0.3, -0.25) is 18.7 Å². The molecule has 0 aliphatic carbocycles. The predicted octanol–water partition coefficient (Wildman–Crippen LogP) is 0.875. The fourth-order valence-electron chi connectivity index (χ4n) is 3.33. The largest absolute Gasteiger partial charge is 0.332 e. The van der Waals surface area contributed by atoms with Gasteiger partial charge >= 0.3 is 5.69 Å². The van der Waals surface area contributed by atoms with Crippen LogP contribution in [0, 0.1) is 13.8 Å². The lowest BCUT2D eigenvalue weighted by Crippen LogP contribution is -2.37. The Kier molecular flexibility index (Phi) is 4.61. The Morgan fingerprint density at radius 3 is 2.47 bits per heavy atom. The average molecular weight is 407 g/mol. The number of benzene rings is 1. The van der Waals surface area contributed by atoms with Gasteiger partial charge in [0, 0.05) is 20.2 Å². The molecule has 30 heavy (non-hydrogen) atoms. The van der Waals surface area contributed by atoms with E-state index in [9.17, 15) is 14.4 Å². The maximum Gasteiger partial charge on any atom is 0.332 e. The maximum absolute atomic E-state index is 12.7. The molecular weight excluding hydrogens is 386 g/mol. The Morgan fingerprint density at radius 1 is 1.07 bits per heavy atom. The van der Waals surface area contributed by atoms with Gasteiger partial charge in [0.1, 0.15) is 12.4 Å². The number of aryl methyl sites for hydroxylation is 3. The molecule has 0 aliphatic heterocycles. The summed E-state index contributed by atoms with van der Waals surface area (Å²) < 4.78 is 5.36. The van der Waals surface area contributed by atoms with E-state index in [-0.39, 0.29) is 23.6 Å². The predicted molar refractivity (Wildman–Crippen MR) is 112 cm³/mol. The highest BCUT2D eigenvalue weighted by molar-refractivity contribution is 5.91. The van der Waals surface area contributed by atoms with Crippen LogP contribution in [0.15, 0.2) is 46.2 Å². The molecule has 1 aromatic carbocycles. The number of hydrogen-bond acceptors (Lipinski definition) is 5. The van der Waals surface area contributed by atoms with Crippen molar-refractivity contribution in [2.45, 2.75) is 20.4 Å². The third-order valence-electron chi connectivity index (χ3n) is 4.91. The van der Waals surface area contributed by atoms with Gasteiger partial charge in [-0.05, 0) is 26.0 Å². The van der Waals surface area contributed by atoms with Crippen LogP contribution in [0.5, 0.6) is 0 Å². The van der Waals surface area contributed by atoms with E-state index in [1.807, 2.05) is 38.1 Å². The summed E-state index contributed by atoms with van der Waals surface area (Å²) in [6.07, 6.45) is 1.38. The maximum atomic E-state index is 12.7. The van der Waals surface area contributed by atoms with Crippen molar-refractivity contribution in [1.29, 1.82) is 0 Å². The highest BCUT2D eigenvalue weighted by Crippen LogP contribution is 2.18. The van der Waals surface area contributed by atoms with E-state index in [0.717, 1.165) is 21.5 Å². The van der Waals surface area contributed by atoms with Gasteiger partial charge in [-0.15, -0.1) is 0 Å². The summed E-state index contributed by atoms with van der Waals surface area (Å²) in [4.78, 5) is 41.5. The van der Waals surface area contributed by atoms with Crippen molar-refractivity contribution >= 4 is 22.9 Å². The van der Waals surface area contributed by atoms with Crippen molar-refractivity contribution in [1.82, 2.24) is 28.5 Å². The van der Waals surface area contributed by atoms with Gasteiger partial charge in [-0.2, -0.15) is 5.10 Å². The Bertz CT molecular complexity index is 1390. The molecule has 0 bridgehead atoms. The number of amides is 1. The zero-order valence-corrected chi connectivity index (χ0v) is 17.1. The molecule has 0 atom stereocenters. The molecule has 10 nitrogen and oxygen atoms in total. The topological polar surface area (TPSA) is 109 Å². The Labute approximate surface area is 171 Å². The molecule has 1 amide bonds. The van der Waals surface area contributed by atoms with Crippen molar-refractivity contribution in [2.24, 2.45) is 14.1 Å². The summed E-state index contributed by atoms with van der Waals surface area (Å²) in [5.74, 6) is 0.171. The minimum Gasteiger partial charge on any atom is -0.315 e. The number of nitrogens with one attached hydrogen (secondary N) is 1. The summed E-state index contributed by atoms with van der Waals surface area (Å²) in [6, 6.07) is 9.55. The van der Waals surface area contributed by atoms with Gasteiger partial charge in [0.05, 0.1) is 17.7 Å². The van der Waals surface area contributed by atoms with Crippen LogP contribution < -0.4 is 16.6 Å². The summed E-state index contributed by atoms with van der Waals surface area (Å²) >= 11 is 0. The summed E-state index contributed by atoms with van der Waals surface area (Å²) in [5, 5.41) is 7.29. The Hall–Kier alpha value is -3.95. The Morgan fingerprint density at radius 2 is 1.77 bits per heavy atom. The van der Waals surface area contributed by atoms with Gasteiger partial charge in [0.15, 0.2) is 11.2 Å². The molecular formula is C20H21N7O3. The van der Waals surface area contributed by atoms with Gasteiger partial charge in [-0.1, -0.05) is 17.7 Å². The van der Waals surface area contributed by atoms with Crippen LogP contribution in [0.2, 0.25) is 0 Å². The number of anilines is 1. The fraction of sp³-hybridized carbons (Fsp3) is 0.250. The zero-order valence-electron chi connectivity index (χ0n) is 17.1. The first-order valence-electron chi connectivity index (χ1n) is 9.30. The lowest BCUT2D eigenvalue weighted by atomic mass is 10.2. The van der Waals surface area contributed by atoms with Gasteiger partial charge < -0.3 is 9.88 Å². The van der Waals surface area contributed by atoms with Crippen LogP contribution in [0.3, 0.4) is 0 Å². The number of nitrogens with zero attached hydrogens (tertiary/aromatic N) is 6. The van der Waals surface area contributed by atoms with E-state index in [1.165, 1.54) is 29.6 Å². The zero-order chi connectivity index (χ0) is 21.6. The lowest BCUT2D eigenvalue weighted by molar-refractivity contribution is -0.116. The number of hydrogen-bond donors (Lipinski definition) is 1. The number of imidazole rings is 1. The van der Waals surface area contributed by atoms with E-state index in [0.29, 0.717) is 5.82 Å². The molecule has 4 rings (SSSR count). The quantitative estimate of drug-likeness (QED) is 0.540. The average Bonchev–Trinajstić information content (AvgIpc) is 3.28. The molecule has 0 saturated carbocycles. The molecule has 1 N–H and O–H groups in total. The summed E-state index contributed by atoms with van der Waals surface area (Å²) in [7, 11) is 2.93. The highest BCUT2D eigenvalue weighted by atomic mass is 16.2. The fourth-order valence-corrected chi connectivity index (χ4v) is 3.33. The standard InChI is InChI=1S/C20H21N7O3/c1-12-5-7-14(8-6-12)27-15(9-13(2)23-27)22-16(28)10-26-11-21-18-17(26)19(29)25(4)20(30)24(18)3/h5-9,11H,10H2,1-4H3,(H,22,28). The van der Waals surface area contributed by atoms with Crippen LogP contribution >= 0.6 is 0 Å². The van der Waals surface area contributed by atoms with E-state index < -0.39 is 11.2 Å². The van der Waals surface area contributed by atoms with Crippen molar-refractivity contribution in [2.75, 3.05) is 5.32 Å². The van der Waals surface area contributed by atoms with Gasteiger partial charge in [0.25, 0.3) is 5.56 Å². The van der Waals surface area contributed by atoms with Crippen LogP contribution in [-0.4, -0.2) is 34.4 Å². The first-order valence-corrected chi connectivity index (χ1v) is 9.30.